The molecule has 1 aromatic heterocycles. The fourth-order valence-corrected chi connectivity index (χ4v) is 2.48. The molecule has 0 radical (unpaired) electrons. The third-order valence-corrected chi connectivity index (χ3v) is 3.57. The summed E-state index contributed by atoms with van der Waals surface area (Å²) in [6, 6.07) is 3.82. The van der Waals surface area contributed by atoms with Crippen LogP contribution >= 0.6 is 0 Å². The van der Waals surface area contributed by atoms with E-state index in [1.807, 2.05) is 12.1 Å². The third-order valence-electron chi connectivity index (χ3n) is 3.57. The summed E-state index contributed by atoms with van der Waals surface area (Å²) in [7, 11) is 1.58. The van der Waals surface area contributed by atoms with Crippen LogP contribution in [0.1, 0.15) is 24.8 Å². The lowest BCUT2D eigenvalue weighted by Crippen LogP contribution is -2.39. The molecule has 1 aliphatic heterocycles. The molecule has 0 spiro atoms. The number of methoxy groups -OCH3 is 1. The highest BCUT2D eigenvalue weighted by molar-refractivity contribution is 5.76. The second-order valence-corrected chi connectivity index (χ2v) is 5.25. The molecule has 1 aliphatic rings. The molecule has 1 amide bonds. The Hall–Kier alpha value is -1.66. The highest BCUT2D eigenvalue weighted by Crippen LogP contribution is 2.21. The van der Waals surface area contributed by atoms with E-state index >= 15 is 0 Å². The smallest absolute Gasteiger partial charge is 0.222 e. The normalized spacial score (nSPS) is 18.6. The molecular formula is C15H23N3O3. The number of piperidine rings is 1. The van der Waals surface area contributed by atoms with Gasteiger partial charge in [0.25, 0.3) is 0 Å². The van der Waals surface area contributed by atoms with E-state index in [1.165, 1.54) is 0 Å². The number of rotatable bonds is 6. The third kappa shape index (κ3) is 4.68. The number of hydrogen-bond donors (Lipinski definition) is 2. The summed E-state index contributed by atoms with van der Waals surface area (Å²) < 4.78 is 4.89. The number of aliphatic hydroxyl groups is 1. The quantitative estimate of drug-likeness (QED) is 0.807. The van der Waals surface area contributed by atoms with Crippen LogP contribution < -0.4 is 10.2 Å². The Labute approximate surface area is 125 Å². The first-order valence-corrected chi connectivity index (χ1v) is 7.33. The number of anilines is 1. The summed E-state index contributed by atoms with van der Waals surface area (Å²) in [5.74, 6) is 0.814. The van der Waals surface area contributed by atoms with Crippen molar-refractivity contribution in [3.05, 3.63) is 23.9 Å². The molecule has 2 N–H and O–H groups in total. The Morgan fingerprint density at radius 2 is 2.48 bits per heavy atom. The zero-order chi connectivity index (χ0) is 15.1. The molecule has 116 valence electrons. The Morgan fingerprint density at radius 3 is 3.24 bits per heavy atom. The second-order valence-electron chi connectivity index (χ2n) is 5.25. The van der Waals surface area contributed by atoms with E-state index in [4.69, 9.17) is 4.74 Å². The van der Waals surface area contributed by atoms with Crippen molar-refractivity contribution in [2.75, 3.05) is 31.7 Å². The number of pyridine rings is 1. The van der Waals surface area contributed by atoms with Crippen molar-refractivity contribution in [2.45, 2.75) is 31.9 Å². The van der Waals surface area contributed by atoms with Crippen molar-refractivity contribution >= 4 is 11.7 Å². The van der Waals surface area contributed by atoms with Gasteiger partial charge in [0.15, 0.2) is 0 Å². The number of carbonyl (C=O) groups is 1. The molecule has 0 saturated carbocycles. The minimum atomic E-state index is -0.301. The minimum absolute atomic E-state index is 0.0367. The van der Waals surface area contributed by atoms with E-state index in [-0.39, 0.29) is 12.0 Å². The van der Waals surface area contributed by atoms with E-state index in [1.54, 1.807) is 13.3 Å². The number of amides is 1. The number of hydrogen-bond acceptors (Lipinski definition) is 5. The Balaban J connectivity index is 1.98. The van der Waals surface area contributed by atoms with Gasteiger partial charge in [-0.25, -0.2) is 4.98 Å². The first-order chi connectivity index (χ1) is 10.2. The average molecular weight is 293 g/mol. The molecule has 2 heterocycles. The molecule has 0 aliphatic carbocycles. The van der Waals surface area contributed by atoms with Gasteiger partial charge in [-0.1, -0.05) is 6.07 Å². The molecule has 2 rings (SSSR count). The highest BCUT2D eigenvalue weighted by atomic mass is 16.5. The maximum Gasteiger partial charge on any atom is 0.222 e. The Morgan fingerprint density at radius 1 is 1.62 bits per heavy atom. The topological polar surface area (TPSA) is 74.7 Å². The number of carbonyl (C=O) groups excluding carboxylic acids is 1. The number of aromatic nitrogens is 1. The zero-order valence-corrected chi connectivity index (χ0v) is 12.4. The summed E-state index contributed by atoms with van der Waals surface area (Å²) in [4.78, 5) is 18.2. The van der Waals surface area contributed by atoms with Crippen LogP contribution in [-0.2, 0) is 16.1 Å². The highest BCUT2D eigenvalue weighted by Gasteiger charge is 2.20. The van der Waals surface area contributed by atoms with Gasteiger partial charge < -0.3 is 20.1 Å². The standard InChI is InChI=1S/C15H23N3O3/c1-21-9-6-14(20)17-10-12-4-2-7-16-15(12)18-8-3-5-13(19)11-18/h2,4,7,13,19H,3,5-6,8-11H2,1H3,(H,17,20)/t13-/m0/s1. The number of nitrogens with one attached hydrogen (secondary N) is 1. The fraction of sp³-hybridized carbons (Fsp3) is 0.600. The van der Waals surface area contributed by atoms with Crippen LogP contribution in [0.5, 0.6) is 0 Å². The molecule has 1 saturated heterocycles. The SMILES string of the molecule is COCCC(=O)NCc1cccnc1N1CCC[C@H](O)C1. The van der Waals surface area contributed by atoms with Crippen molar-refractivity contribution in [2.24, 2.45) is 0 Å². The first kappa shape index (κ1) is 15.7. The van der Waals surface area contributed by atoms with Gasteiger partial charge in [0.1, 0.15) is 5.82 Å². The van der Waals surface area contributed by atoms with E-state index in [0.29, 0.717) is 26.1 Å². The van der Waals surface area contributed by atoms with Crippen molar-refractivity contribution < 1.29 is 14.6 Å². The molecule has 1 atom stereocenters. The maximum absolute atomic E-state index is 11.6. The fourth-order valence-electron chi connectivity index (χ4n) is 2.48. The predicted molar refractivity (Wildman–Crippen MR) is 80.0 cm³/mol. The largest absolute Gasteiger partial charge is 0.391 e. The molecule has 0 unspecified atom stereocenters. The van der Waals surface area contributed by atoms with Gasteiger partial charge in [-0.15, -0.1) is 0 Å². The van der Waals surface area contributed by atoms with Crippen molar-refractivity contribution in [3.63, 3.8) is 0 Å². The first-order valence-electron chi connectivity index (χ1n) is 7.33. The maximum atomic E-state index is 11.6. The summed E-state index contributed by atoms with van der Waals surface area (Å²) in [5.41, 5.74) is 0.970. The predicted octanol–water partition coefficient (Wildman–Crippen LogP) is 0.695. The lowest BCUT2D eigenvalue weighted by atomic mass is 10.1. The molecule has 0 bridgehead atoms. The summed E-state index contributed by atoms with van der Waals surface area (Å²) >= 11 is 0. The molecule has 0 aromatic carbocycles. The summed E-state index contributed by atoms with van der Waals surface area (Å²) in [6.45, 7) is 2.35. The van der Waals surface area contributed by atoms with Crippen molar-refractivity contribution in [3.8, 4) is 0 Å². The second kappa shape index (κ2) is 7.95. The van der Waals surface area contributed by atoms with Gasteiger partial charge in [-0.2, -0.15) is 0 Å². The van der Waals surface area contributed by atoms with E-state index in [9.17, 15) is 9.90 Å². The van der Waals surface area contributed by atoms with Gasteiger partial charge in [0, 0.05) is 44.9 Å². The molecule has 21 heavy (non-hydrogen) atoms. The van der Waals surface area contributed by atoms with Crippen molar-refractivity contribution in [1.29, 1.82) is 0 Å². The van der Waals surface area contributed by atoms with Crippen LogP contribution in [0.25, 0.3) is 0 Å². The molecule has 6 nitrogen and oxygen atoms in total. The van der Waals surface area contributed by atoms with E-state index < -0.39 is 0 Å². The summed E-state index contributed by atoms with van der Waals surface area (Å²) in [6.07, 6.45) is 3.59. The molecule has 6 heteroatoms. The zero-order valence-electron chi connectivity index (χ0n) is 12.4. The average Bonchev–Trinajstić information content (AvgIpc) is 2.51. The van der Waals surface area contributed by atoms with Gasteiger partial charge in [0.2, 0.25) is 5.91 Å². The molecule has 1 fully saturated rings. The lowest BCUT2D eigenvalue weighted by Gasteiger charge is -2.32. The lowest BCUT2D eigenvalue weighted by molar-refractivity contribution is -0.122. The number of nitrogens with zero attached hydrogens (tertiary/aromatic N) is 2. The number of β-amino-alcohol motifs (C(OH)–C–C–N with tert-alkyl or cyclic N) is 1. The van der Waals surface area contributed by atoms with Crippen LogP contribution in [0, 0.1) is 0 Å². The van der Waals surface area contributed by atoms with Crippen LogP contribution in [-0.4, -0.2) is 48.9 Å². The number of aliphatic hydroxyl groups excluding tert-OH is 1. The van der Waals surface area contributed by atoms with E-state index in [0.717, 1.165) is 30.8 Å². The van der Waals surface area contributed by atoms with Gasteiger partial charge in [-0.05, 0) is 18.9 Å². The van der Waals surface area contributed by atoms with Crippen LogP contribution in [0.2, 0.25) is 0 Å². The number of ether oxygens (including phenoxy) is 1. The van der Waals surface area contributed by atoms with Crippen LogP contribution in [0.4, 0.5) is 5.82 Å². The monoisotopic (exact) mass is 293 g/mol. The summed E-state index contributed by atoms with van der Waals surface area (Å²) in [5, 5.41) is 12.7. The van der Waals surface area contributed by atoms with Crippen molar-refractivity contribution in [1.82, 2.24) is 10.3 Å². The van der Waals surface area contributed by atoms with Crippen LogP contribution in [0.15, 0.2) is 18.3 Å². The van der Waals surface area contributed by atoms with Gasteiger partial charge >= 0.3 is 0 Å². The van der Waals surface area contributed by atoms with Gasteiger partial charge in [0.05, 0.1) is 12.7 Å². The Bertz CT molecular complexity index is 467. The molecular weight excluding hydrogens is 270 g/mol. The minimum Gasteiger partial charge on any atom is -0.391 e. The Kier molecular flexibility index (Phi) is 5.95. The van der Waals surface area contributed by atoms with Gasteiger partial charge in [-0.3, -0.25) is 4.79 Å². The van der Waals surface area contributed by atoms with E-state index in [2.05, 4.69) is 15.2 Å². The molecule has 1 aromatic rings. The van der Waals surface area contributed by atoms with Crippen LogP contribution in [0.3, 0.4) is 0 Å².